The van der Waals surface area contributed by atoms with Gasteiger partial charge in [-0.2, -0.15) is 0 Å². The smallest absolute Gasteiger partial charge is 0.311 e. The van der Waals surface area contributed by atoms with Crippen molar-refractivity contribution in [2.45, 2.75) is 52.6 Å². The molecule has 0 bridgehead atoms. The van der Waals surface area contributed by atoms with E-state index < -0.39 is 18.0 Å². The monoisotopic (exact) mass is 252 g/mol. The quantitative estimate of drug-likeness (QED) is 0.705. The Hall–Kier alpha value is -0.830. The van der Waals surface area contributed by atoms with Gasteiger partial charge in [-0.1, -0.05) is 33.8 Å². The minimum Gasteiger partial charge on any atom is -0.481 e. The van der Waals surface area contributed by atoms with Crippen molar-refractivity contribution in [3.8, 4) is 0 Å². The second-order valence-corrected chi connectivity index (χ2v) is 7.00. The van der Waals surface area contributed by atoms with E-state index in [0.717, 1.165) is 19.3 Å². The molecule has 0 aromatic heterocycles. The lowest BCUT2D eigenvalue weighted by molar-refractivity contribution is -0.156. The van der Waals surface area contributed by atoms with Gasteiger partial charge in [0.05, 0.1) is 12.0 Å². The number of aliphatic hydroxyl groups excluding tert-OH is 1. The van der Waals surface area contributed by atoms with Crippen LogP contribution in [0.5, 0.6) is 0 Å². The summed E-state index contributed by atoms with van der Waals surface area (Å²) in [5, 5.41) is 19.6. The Labute approximate surface area is 109 Å². The molecule has 0 unspecified atom stereocenters. The van der Waals surface area contributed by atoms with E-state index in [1.165, 1.54) is 0 Å². The maximum absolute atomic E-state index is 11.6. The van der Waals surface area contributed by atoms with E-state index in [-0.39, 0.29) is 16.7 Å². The summed E-state index contributed by atoms with van der Waals surface area (Å²) in [6.45, 7) is 10.3. The molecule has 0 amide bonds. The highest BCUT2D eigenvalue weighted by atomic mass is 16.4. The first-order chi connectivity index (χ1) is 8.20. The van der Waals surface area contributed by atoms with Gasteiger partial charge in [-0.05, 0) is 41.6 Å². The van der Waals surface area contributed by atoms with Gasteiger partial charge in [0.2, 0.25) is 0 Å². The fraction of sp³-hybridized carbons (Fsp3) is 0.800. The van der Waals surface area contributed by atoms with Gasteiger partial charge in [-0.25, -0.2) is 0 Å². The van der Waals surface area contributed by atoms with Crippen molar-refractivity contribution >= 4 is 5.97 Å². The van der Waals surface area contributed by atoms with Crippen molar-refractivity contribution in [3.63, 3.8) is 0 Å². The molecule has 0 aliphatic heterocycles. The third-order valence-corrected chi connectivity index (χ3v) is 5.44. The van der Waals surface area contributed by atoms with E-state index in [1.54, 1.807) is 0 Å². The lowest BCUT2D eigenvalue weighted by Gasteiger charge is -2.57. The molecule has 0 spiro atoms. The summed E-state index contributed by atoms with van der Waals surface area (Å²) < 4.78 is 0. The van der Waals surface area contributed by atoms with Crippen molar-refractivity contribution in [3.05, 3.63) is 12.2 Å². The van der Waals surface area contributed by atoms with Gasteiger partial charge in [0, 0.05) is 0 Å². The topological polar surface area (TPSA) is 57.5 Å². The van der Waals surface area contributed by atoms with E-state index >= 15 is 0 Å². The average molecular weight is 252 g/mol. The fourth-order valence-electron chi connectivity index (χ4n) is 4.53. The van der Waals surface area contributed by atoms with E-state index in [1.807, 2.05) is 0 Å². The average Bonchev–Trinajstić information content (AvgIpc) is 2.21. The summed E-state index contributed by atoms with van der Waals surface area (Å²) in [5.41, 5.74) is 0.339. The van der Waals surface area contributed by atoms with Crippen molar-refractivity contribution < 1.29 is 15.0 Å². The van der Waals surface area contributed by atoms with Crippen LogP contribution < -0.4 is 0 Å². The number of aliphatic carboxylic acids is 1. The molecule has 2 aliphatic rings. The van der Waals surface area contributed by atoms with Crippen LogP contribution in [0.25, 0.3) is 0 Å². The van der Waals surface area contributed by atoms with Crippen LogP contribution in [0.15, 0.2) is 12.2 Å². The lowest BCUT2D eigenvalue weighted by Crippen LogP contribution is -2.54. The highest BCUT2D eigenvalue weighted by molar-refractivity contribution is 5.75. The molecular formula is C15H24O3. The van der Waals surface area contributed by atoms with Crippen molar-refractivity contribution in [2.24, 2.45) is 22.7 Å². The fourth-order valence-corrected chi connectivity index (χ4v) is 4.53. The maximum atomic E-state index is 11.6. The van der Waals surface area contributed by atoms with Crippen molar-refractivity contribution in [2.75, 3.05) is 0 Å². The van der Waals surface area contributed by atoms with Crippen molar-refractivity contribution in [1.29, 1.82) is 0 Å². The Kier molecular flexibility index (Phi) is 3.09. The third kappa shape index (κ3) is 1.80. The Bertz CT molecular complexity index is 385. The zero-order valence-corrected chi connectivity index (χ0v) is 11.6. The third-order valence-electron chi connectivity index (χ3n) is 5.44. The van der Waals surface area contributed by atoms with E-state index in [0.29, 0.717) is 12.0 Å². The molecule has 0 heterocycles. The number of aliphatic hydroxyl groups is 1. The molecule has 0 aromatic carbocycles. The van der Waals surface area contributed by atoms with Gasteiger partial charge in [-0.3, -0.25) is 4.79 Å². The standard InChI is InChI=1S/C15H24O3/c1-9-10(16)8-11-14(2,3)6-5-7-15(11,4)12(9)13(17)18/h10-12,16H,1,5-8H2,2-4H3,(H,17,18)/t10-,11-,12+,15-/m0/s1. The molecule has 102 valence electrons. The molecular weight excluding hydrogens is 228 g/mol. The Morgan fingerprint density at radius 1 is 1.33 bits per heavy atom. The zero-order chi connectivity index (χ0) is 13.7. The summed E-state index contributed by atoms with van der Waals surface area (Å²) in [6.07, 6.45) is 3.09. The second-order valence-electron chi connectivity index (χ2n) is 7.00. The number of carbonyl (C=O) groups is 1. The summed E-state index contributed by atoms with van der Waals surface area (Å²) in [4.78, 5) is 11.6. The number of fused-ring (bicyclic) bond motifs is 1. The minimum atomic E-state index is -0.830. The van der Waals surface area contributed by atoms with E-state index in [2.05, 4.69) is 27.4 Å². The summed E-state index contributed by atoms with van der Waals surface area (Å²) >= 11 is 0. The van der Waals surface area contributed by atoms with Crippen LogP contribution in [0, 0.1) is 22.7 Å². The largest absolute Gasteiger partial charge is 0.481 e. The van der Waals surface area contributed by atoms with Crippen LogP contribution in [0.1, 0.15) is 46.5 Å². The molecule has 2 rings (SSSR count). The molecule has 3 nitrogen and oxygen atoms in total. The van der Waals surface area contributed by atoms with Gasteiger partial charge >= 0.3 is 5.97 Å². The lowest BCUT2D eigenvalue weighted by atomic mass is 9.47. The molecule has 2 fully saturated rings. The zero-order valence-electron chi connectivity index (χ0n) is 11.6. The molecule has 4 atom stereocenters. The molecule has 3 heteroatoms. The van der Waals surface area contributed by atoms with Gasteiger partial charge in [0.25, 0.3) is 0 Å². The summed E-state index contributed by atoms with van der Waals surface area (Å²) in [6, 6.07) is 0. The predicted molar refractivity (Wildman–Crippen MR) is 70.1 cm³/mol. The highest BCUT2D eigenvalue weighted by Gasteiger charge is 2.57. The first-order valence-corrected chi connectivity index (χ1v) is 6.80. The SMILES string of the molecule is C=C1[C@H](C(=O)O)[C@@]2(C)CCCC(C)(C)[C@@H]2C[C@@H]1O. The first-order valence-electron chi connectivity index (χ1n) is 6.80. The van der Waals surface area contributed by atoms with E-state index in [9.17, 15) is 15.0 Å². The number of hydrogen-bond donors (Lipinski definition) is 2. The second kappa shape index (κ2) is 4.09. The summed E-state index contributed by atoms with van der Waals surface area (Å²) in [5.74, 6) is -1.19. The normalized spacial score (nSPS) is 43.3. The van der Waals surface area contributed by atoms with Gasteiger partial charge in [0.1, 0.15) is 0 Å². The van der Waals surface area contributed by atoms with Crippen LogP contribution >= 0.6 is 0 Å². The molecule has 2 aliphatic carbocycles. The Balaban J connectivity index is 2.46. The van der Waals surface area contributed by atoms with Crippen molar-refractivity contribution in [1.82, 2.24) is 0 Å². The predicted octanol–water partition coefficient (Wildman–Crippen LogP) is 2.84. The van der Waals surface area contributed by atoms with Gasteiger partial charge in [-0.15, -0.1) is 0 Å². The molecule has 0 radical (unpaired) electrons. The van der Waals surface area contributed by atoms with E-state index in [4.69, 9.17) is 0 Å². The van der Waals surface area contributed by atoms with Crippen LogP contribution in [-0.4, -0.2) is 22.3 Å². The number of hydrogen-bond acceptors (Lipinski definition) is 2. The molecule has 0 aromatic rings. The number of carboxylic acids is 1. The molecule has 2 saturated carbocycles. The van der Waals surface area contributed by atoms with Crippen LogP contribution in [0.4, 0.5) is 0 Å². The number of rotatable bonds is 1. The highest BCUT2D eigenvalue weighted by Crippen LogP contribution is 2.60. The maximum Gasteiger partial charge on any atom is 0.311 e. The van der Waals surface area contributed by atoms with Gasteiger partial charge < -0.3 is 10.2 Å². The van der Waals surface area contributed by atoms with Gasteiger partial charge in [0.15, 0.2) is 0 Å². The van der Waals surface area contributed by atoms with Crippen LogP contribution in [0.2, 0.25) is 0 Å². The van der Waals surface area contributed by atoms with Crippen LogP contribution in [-0.2, 0) is 4.79 Å². The Morgan fingerprint density at radius 2 is 1.94 bits per heavy atom. The summed E-state index contributed by atoms with van der Waals surface area (Å²) in [7, 11) is 0. The molecule has 18 heavy (non-hydrogen) atoms. The first kappa shape index (κ1) is 13.6. The number of carboxylic acid groups (broad SMARTS) is 1. The Morgan fingerprint density at radius 3 is 2.50 bits per heavy atom. The molecule has 0 saturated heterocycles. The molecule has 2 N–H and O–H groups in total. The van der Waals surface area contributed by atoms with Crippen LogP contribution in [0.3, 0.4) is 0 Å². The minimum absolute atomic E-state index is 0.0996.